The zero-order valence-corrected chi connectivity index (χ0v) is 5.92. The normalized spacial score (nSPS) is 13.7. The molecule has 0 aliphatic carbocycles. The van der Waals surface area contributed by atoms with E-state index in [0.29, 0.717) is 0 Å². The molecule has 0 bridgehead atoms. The van der Waals surface area contributed by atoms with Gasteiger partial charge in [-0.1, -0.05) is 11.7 Å². The molecule has 0 saturated heterocycles. The third kappa shape index (κ3) is 2.13. The molecule has 0 spiro atoms. The maximum Gasteiger partial charge on any atom is 0.419 e. The molecule has 0 aliphatic rings. The quantitative estimate of drug-likeness (QED) is 0.282. The summed E-state index contributed by atoms with van der Waals surface area (Å²) in [5.74, 6) is 0. The van der Waals surface area contributed by atoms with E-state index in [1.54, 1.807) is 0 Å². The van der Waals surface area contributed by atoms with Gasteiger partial charge in [-0.2, -0.15) is 22.0 Å². The Labute approximate surface area is 64.2 Å². The van der Waals surface area contributed by atoms with Crippen LogP contribution in [0.3, 0.4) is 0 Å². The van der Waals surface area contributed by atoms with Gasteiger partial charge in [0.15, 0.2) is 0 Å². The summed E-state index contributed by atoms with van der Waals surface area (Å²) < 4.78 is 70.7. The highest BCUT2D eigenvalue weighted by molar-refractivity contribution is 5.11. The molecule has 0 aromatic heterocycles. The van der Waals surface area contributed by atoms with Crippen LogP contribution in [0, 0.1) is 0 Å². The molecule has 0 aliphatic heterocycles. The van der Waals surface area contributed by atoms with Crippen molar-refractivity contribution in [2.24, 2.45) is 0 Å². The molecule has 0 atom stereocenters. The molecule has 72 valence electrons. The number of nitrogens with zero attached hydrogens (tertiary/aromatic N) is 1. The van der Waals surface area contributed by atoms with E-state index in [1.165, 1.54) is 0 Å². The average molecular weight is 193 g/mol. The summed E-state index contributed by atoms with van der Waals surface area (Å²) in [6.07, 6.45) is -5.30. The summed E-state index contributed by atoms with van der Waals surface area (Å²) in [7, 11) is 0.178. The van der Waals surface area contributed by atoms with E-state index in [4.69, 9.17) is 0 Å². The van der Waals surface area contributed by atoms with Crippen LogP contribution in [0.5, 0.6) is 0 Å². The Hall–Kier alpha value is -0.720. The first-order valence-corrected chi connectivity index (χ1v) is 2.64. The Morgan fingerprint density at radius 2 is 1.50 bits per heavy atom. The molecule has 12 heavy (non-hydrogen) atoms. The topological polar surface area (TPSA) is 3.24 Å². The lowest BCUT2D eigenvalue weighted by Gasteiger charge is -2.22. The molecular formula is C5H5F6N. The molecule has 1 nitrogen and oxygen atoms in total. The van der Waals surface area contributed by atoms with Gasteiger partial charge in [-0.25, -0.2) is 0 Å². The zero-order chi connectivity index (χ0) is 10.2. The number of hydrogen-bond acceptors (Lipinski definition) is 1. The van der Waals surface area contributed by atoms with Gasteiger partial charge in [0.25, 0.3) is 0 Å². The molecular weight excluding hydrogens is 188 g/mol. The van der Waals surface area contributed by atoms with E-state index < -0.39 is 22.9 Å². The first-order chi connectivity index (χ1) is 5.10. The third-order valence-corrected chi connectivity index (χ3v) is 1.09. The minimum Gasteiger partial charge on any atom is -0.181 e. The Balaban J connectivity index is 4.70. The smallest absolute Gasteiger partial charge is 0.181 e. The van der Waals surface area contributed by atoms with Gasteiger partial charge in [-0.3, -0.25) is 0 Å². The van der Waals surface area contributed by atoms with Gasteiger partial charge in [0, 0.05) is 7.05 Å². The molecule has 0 amide bonds. The van der Waals surface area contributed by atoms with Crippen LogP contribution in [-0.2, 0) is 0 Å². The second-order valence-electron chi connectivity index (χ2n) is 1.99. The van der Waals surface area contributed by atoms with Crippen LogP contribution in [0.25, 0.3) is 0 Å². The van der Waals surface area contributed by atoms with Crippen molar-refractivity contribution in [1.29, 1.82) is 0 Å². The van der Waals surface area contributed by atoms with E-state index in [0.717, 1.165) is 0 Å². The van der Waals surface area contributed by atoms with Crippen molar-refractivity contribution < 1.29 is 26.4 Å². The molecule has 0 aromatic rings. The number of alkyl halides is 5. The van der Waals surface area contributed by atoms with Crippen molar-refractivity contribution in [2.45, 2.75) is 12.2 Å². The molecule has 0 saturated carbocycles. The minimum atomic E-state index is -5.30. The average Bonchev–Trinajstić information content (AvgIpc) is 1.83. The summed E-state index contributed by atoms with van der Waals surface area (Å²) >= 11 is 0. The zero-order valence-electron chi connectivity index (χ0n) is 5.92. The van der Waals surface area contributed by atoms with Crippen molar-refractivity contribution in [3.8, 4) is 0 Å². The number of halogens is 6. The van der Waals surface area contributed by atoms with Crippen molar-refractivity contribution in [3.05, 3.63) is 12.2 Å². The van der Waals surface area contributed by atoms with E-state index in [2.05, 4.69) is 6.58 Å². The first-order valence-electron chi connectivity index (χ1n) is 2.64. The van der Waals surface area contributed by atoms with Crippen molar-refractivity contribution in [3.63, 3.8) is 0 Å². The maximum absolute atomic E-state index is 12.2. The number of likely N-dealkylation sites (N-methyl/N-ethyl adjacent to an activating group) is 1. The highest BCUT2D eigenvalue weighted by atomic mass is 19.4. The highest BCUT2D eigenvalue weighted by Gasteiger charge is 2.52. The summed E-state index contributed by atoms with van der Waals surface area (Å²) in [5.41, 5.74) is -2.43. The Morgan fingerprint density at radius 1 is 1.17 bits per heavy atom. The number of hydrogen-bond donors (Lipinski definition) is 0. The van der Waals surface area contributed by atoms with Crippen LogP contribution in [0.15, 0.2) is 12.2 Å². The van der Waals surface area contributed by atoms with E-state index >= 15 is 0 Å². The largest absolute Gasteiger partial charge is 0.419 e. The molecule has 0 aromatic carbocycles. The van der Waals surface area contributed by atoms with Crippen LogP contribution in [0.2, 0.25) is 0 Å². The van der Waals surface area contributed by atoms with E-state index in [1.807, 2.05) is 0 Å². The van der Waals surface area contributed by atoms with E-state index in [-0.39, 0.29) is 7.05 Å². The summed E-state index contributed by atoms with van der Waals surface area (Å²) in [5, 5.41) is -1.34. The summed E-state index contributed by atoms with van der Waals surface area (Å²) in [4.78, 5) is 0. The molecule has 0 fully saturated rings. The Bertz CT molecular complexity index is 181. The van der Waals surface area contributed by atoms with Crippen LogP contribution >= 0.6 is 0 Å². The van der Waals surface area contributed by atoms with Crippen molar-refractivity contribution in [2.75, 3.05) is 7.05 Å². The minimum absolute atomic E-state index is 0.178. The third-order valence-electron chi connectivity index (χ3n) is 1.09. The molecule has 0 radical (unpaired) electrons. The van der Waals surface area contributed by atoms with Crippen molar-refractivity contribution in [1.82, 2.24) is 5.12 Å². The van der Waals surface area contributed by atoms with E-state index in [9.17, 15) is 26.4 Å². The maximum atomic E-state index is 12.2. The predicted octanol–water partition coefficient (Wildman–Crippen LogP) is 2.51. The molecule has 0 unspecified atom stereocenters. The molecule has 0 N–H and O–H groups in total. The van der Waals surface area contributed by atoms with Gasteiger partial charge in [-0.15, -0.1) is 4.48 Å². The van der Waals surface area contributed by atoms with Crippen LogP contribution in [0.1, 0.15) is 0 Å². The fourth-order valence-electron chi connectivity index (χ4n) is 0.356. The van der Waals surface area contributed by atoms with Gasteiger partial charge >= 0.3 is 12.2 Å². The van der Waals surface area contributed by atoms with Gasteiger partial charge < -0.3 is 0 Å². The van der Waals surface area contributed by atoms with Gasteiger partial charge in [0.2, 0.25) is 0 Å². The van der Waals surface area contributed by atoms with Gasteiger partial charge in [0.05, 0.1) is 0 Å². The van der Waals surface area contributed by atoms with Gasteiger partial charge in [0.1, 0.15) is 5.57 Å². The highest BCUT2D eigenvalue weighted by Crippen LogP contribution is 2.37. The van der Waals surface area contributed by atoms with Crippen molar-refractivity contribution >= 4 is 0 Å². The second-order valence-corrected chi connectivity index (χ2v) is 1.99. The Kier molecular flexibility index (Phi) is 2.79. The fraction of sp³-hybridized carbons (Fsp3) is 0.600. The molecule has 7 heteroatoms. The fourth-order valence-corrected chi connectivity index (χ4v) is 0.356. The monoisotopic (exact) mass is 193 g/mol. The number of rotatable bonds is 2. The van der Waals surface area contributed by atoms with Gasteiger partial charge in [-0.05, 0) is 0 Å². The van der Waals surface area contributed by atoms with Crippen LogP contribution in [-0.4, -0.2) is 24.4 Å². The summed E-state index contributed by atoms with van der Waals surface area (Å²) in [6.45, 7) is 2.06. The Morgan fingerprint density at radius 3 is 1.58 bits per heavy atom. The lowest BCUT2D eigenvalue weighted by atomic mass is 10.2. The second kappa shape index (κ2) is 2.96. The summed E-state index contributed by atoms with van der Waals surface area (Å²) in [6, 6.07) is -4.71. The molecule has 0 rings (SSSR count). The predicted molar refractivity (Wildman–Crippen MR) is 29.0 cm³/mol. The van der Waals surface area contributed by atoms with Crippen LogP contribution < -0.4 is 0 Å². The molecule has 0 heterocycles. The van der Waals surface area contributed by atoms with Crippen LogP contribution in [0.4, 0.5) is 26.4 Å². The lowest BCUT2D eigenvalue weighted by molar-refractivity contribution is -0.228. The SMILES string of the molecule is C=C(C(F)(F)F)C(F)(F)N(C)F. The standard InChI is InChI=1S/C5H5F6N/c1-3(4(6,7)8)5(9,10)12(2)11/h1H2,2H3. The first kappa shape index (κ1) is 11.3. The lowest BCUT2D eigenvalue weighted by Crippen LogP contribution is -2.39.